The predicted octanol–water partition coefficient (Wildman–Crippen LogP) is 1.26. The van der Waals surface area contributed by atoms with Gasteiger partial charge in [0, 0.05) is 4.88 Å². The second kappa shape index (κ2) is 4.28. The lowest BCUT2D eigenvalue weighted by Crippen LogP contribution is -2.46. The minimum Gasteiger partial charge on any atom is -0.394 e. The van der Waals surface area contributed by atoms with Gasteiger partial charge in [-0.25, -0.2) is 4.98 Å². The van der Waals surface area contributed by atoms with Crippen molar-refractivity contribution in [1.29, 1.82) is 0 Å². The van der Waals surface area contributed by atoms with Crippen LogP contribution in [0.25, 0.3) is 0 Å². The normalized spacial score (nSPS) is 11.5. The zero-order chi connectivity index (χ0) is 11.6. The molecule has 0 fully saturated rings. The third kappa shape index (κ3) is 3.00. The standard InChI is InChI=1S/C10H16N2O2S/c1-6-8(11-7(2)15-6)9(14)12-10(3,4)5-13/h13H,5H2,1-4H3,(H,12,14). The monoisotopic (exact) mass is 228 g/mol. The third-order valence-corrected chi connectivity index (χ3v) is 2.85. The summed E-state index contributed by atoms with van der Waals surface area (Å²) in [5, 5.41) is 12.6. The summed E-state index contributed by atoms with van der Waals surface area (Å²) in [7, 11) is 0. The van der Waals surface area contributed by atoms with Gasteiger partial charge in [0.1, 0.15) is 5.69 Å². The number of aliphatic hydroxyl groups excluding tert-OH is 1. The molecule has 1 rings (SSSR count). The Morgan fingerprint density at radius 1 is 1.53 bits per heavy atom. The van der Waals surface area contributed by atoms with Crippen LogP contribution in [0.4, 0.5) is 0 Å². The molecule has 84 valence electrons. The number of aromatic nitrogens is 1. The number of carbonyl (C=O) groups is 1. The van der Waals surface area contributed by atoms with Gasteiger partial charge in [0.15, 0.2) is 0 Å². The van der Waals surface area contributed by atoms with Crippen LogP contribution < -0.4 is 5.32 Å². The van der Waals surface area contributed by atoms with Crippen molar-refractivity contribution in [2.24, 2.45) is 0 Å². The van der Waals surface area contributed by atoms with Crippen LogP contribution >= 0.6 is 11.3 Å². The summed E-state index contributed by atoms with van der Waals surface area (Å²) >= 11 is 1.50. The third-order valence-electron chi connectivity index (χ3n) is 1.97. The summed E-state index contributed by atoms with van der Waals surface area (Å²) < 4.78 is 0. The topological polar surface area (TPSA) is 62.2 Å². The molecule has 0 atom stereocenters. The second-order valence-electron chi connectivity index (χ2n) is 4.13. The van der Waals surface area contributed by atoms with Crippen molar-refractivity contribution in [2.75, 3.05) is 6.61 Å². The summed E-state index contributed by atoms with van der Waals surface area (Å²) in [6, 6.07) is 0. The zero-order valence-electron chi connectivity index (χ0n) is 9.42. The Kier molecular flexibility index (Phi) is 3.46. The Morgan fingerprint density at radius 3 is 2.53 bits per heavy atom. The fourth-order valence-corrected chi connectivity index (χ4v) is 1.96. The van der Waals surface area contributed by atoms with E-state index < -0.39 is 5.54 Å². The molecule has 1 aromatic heterocycles. The van der Waals surface area contributed by atoms with Gasteiger partial charge in [-0.3, -0.25) is 4.79 Å². The molecule has 0 radical (unpaired) electrons. The number of nitrogens with one attached hydrogen (secondary N) is 1. The Labute approximate surface area is 93.4 Å². The number of hydrogen-bond donors (Lipinski definition) is 2. The summed E-state index contributed by atoms with van der Waals surface area (Å²) in [5.41, 5.74) is -0.153. The maximum atomic E-state index is 11.8. The van der Waals surface area contributed by atoms with Crippen LogP contribution in [0.5, 0.6) is 0 Å². The van der Waals surface area contributed by atoms with E-state index in [4.69, 9.17) is 5.11 Å². The molecule has 0 saturated carbocycles. The number of hydrogen-bond acceptors (Lipinski definition) is 4. The fourth-order valence-electron chi connectivity index (χ4n) is 1.15. The Bertz CT molecular complexity index is 371. The molecular weight excluding hydrogens is 212 g/mol. The number of thiazole rings is 1. The van der Waals surface area contributed by atoms with Crippen molar-refractivity contribution in [3.63, 3.8) is 0 Å². The Hall–Kier alpha value is -0.940. The highest BCUT2D eigenvalue weighted by Gasteiger charge is 2.22. The first-order chi connectivity index (χ1) is 6.85. The SMILES string of the molecule is Cc1nc(C(=O)NC(C)(C)CO)c(C)s1. The van der Waals surface area contributed by atoms with Gasteiger partial charge in [-0.15, -0.1) is 11.3 Å². The van der Waals surface area contributed by atoms with Crippen LogP contribution in [0.2, 0.25) is 0 Å². The van der Waals surface area contributed by atoms with Crippen molar-refractivity contribution in [3.05, 3.63) is 15.6 Å². The zero-order valence-corrected chi connectivity index (χ0v) is 10.2. The summed E-state index contributed by atoms with van der Waals surface area (Å²) in [6.07, 6.45) is 0. The van der Waals surface area contributed by atoms with Gasteiger partial charge in [-0.2, -0.15) is 0 Å². The van der Waals surface area contributed by atoms with Gasteiger partial charge >= 0.3 is 0 Å². The Morgan fingerprint density at radius 2 is 2.13 bits per heavy atom. The highest BCUT2D eigenvalue weighted by molar-refractivity contribution is 7.11. The van der Waals surface area contributed by atoms with E-state index in [1.807, 2.05) is 13.8 Å². The first kappa shape index (κ1) is 12.1. The maximum Gasteiger partial charge on any atom is 0.271 e. The minimum atomic E-state index is -0.610. The Balaban J connectivity index is 2.82. The second-order valence-corrected chi connectivity index (χ2v) is 5.54. The molecule has 1 amide bonds. The fraction of sp³-hybridized carbons (Fsp3) is 0.600. The number of aliphatic hydroxyl groups is 1. The maximum absolute atomic E-state index is 11.8. The van der Waals surface area contributed by atoms with Crippen molar-refractivity contribution in [2.45, 2.75) is 33.2 Å². The van der Waals surface area contributed by atoms with E-state index in [2.05, 4.69) is 10.3 Å². The molecule has 2 N–H and O–H groups in total. The molecule has 1 heterocycles. The lowest BCUT2D eigenvalue weighted by atomic mass is 10.1. The molecular formula is C10H16N2O2S. The predicted molar refractivity (Wildman–Crippen MR) is 60.2 cm³/mol. The van der Waals surface area contributed by atoms with Gasteiger partial charge in [0.25, 0.3) is 5.91 Å². The van der Waals surface area contributed by atoms with Crippen molar-refractivity contribution >= 4 is 17.2 Å². The largest absolute Gasteiger partial charge is 0.394 e. The van der Waals surface area contributed by atoms with Crippen LogP contribution in [0.3, 0.4) is 0 Å². The molecule has 0 aromatic carbocycles. The van der Waals surface area contributed by atoms with Crippen LogP contribution in [0.15, 0.2) is 0 Å². The number of nitrogens with zero attached hydrogens (tertiary/aromatic N) is 1. The average Bonchev–Trinajstić information content (AvgIpc) is 2.45. The van der Waals surface area contributed by atoms with Gasteiger partial charge in [0.2, 0.25) is 0 Å². The number of aryl methyl sites for hydroxylation is 2. The van der Waals surface area contributed by atoms with Crippen molar-refractivity contribution in [3.8, 4) is 0 Å². The molecule has 0 aliphatic carbocycles. The molecule has 4 nitrogen and oxygen atoms in total. The van der Waals surface area contributed by atoms with Crippen LogP contribution in [0.1, 0.15) is 34.2 Å². The van der Waals surface area contributed by atoms with Crippen LogP contribution in [-0.2, 0) is 0 Å². The molecule has 0 spiro atoms. The van der Waals surface area contributed by atoms with E-state index in [0.29, 0.717) is 5.69 Å². The molecule has 15 heavy (non-hydrogen) atoms. The molecule has 0 saturated heterocycles. The number of amides is 1. The van der Waals surface area contributed by atoms with Crippen molar-refractivity contribution < 1.29 is 9.90 Å². The van der Waals surface area contributed by atoms with Crippen molar-refractivity contribution in [1.82, 2.24) is 10.3 Å². The number of rotatable bonds is 3. The average molecular weight is 228 g/mol. The van der Waals surface area contributed by atoms with E-state index in [1.165, 1.54) is 11.3 Å². The van der Waals surface area contributed by atoms with E-state index in [1.54, 1.807) is 13.8 Å². The van der Waals surface area contributed by atoms with Crippen LogP contribution in [-0.4, -0.2) is 28.1 Å². The quantitative estimate of drug-likeness (QED) is 0.818. The first-order valence-corrected chi connectivity index (χ1v) is 5.55. The first-order valence-electron chi connectivity index (χ1n) is 4.73. The lowest BCUT2D eigenvalue weighted by Gasteiger charge is -2.22. The van der Waals surface area contributed by atoms with E-state index in [0.717, 1.165) is 9.88 Å². The summed E-state index contributed by atoms with van der Waals surface area (Å²) in [4.78, 5) is 16.8. The smallest absolute Gasteiger partial charge is 0.271 e. The van der Waals surface area contributed by atoms with Gasteiger partial charge < -0.3 is 10.4 Å². The van der Waals surface area contributed by atoms with E-state index >= 15 is 0 Å². The highest BCUT2D eigenvalue weighted by atomic mass is 32.1. The molecule has 0 aliphatic heterocycles. The van der Waals surface area contributed by atoms with Gasteiger partial charge in [-0.1, -0.05) is 0 Å². The lowest BCUT2D eigenvalue weighted by molar-refractivity contribution is 0.0864. The molecule has 0 aliphatic rings. The molecule has 0 bridgehead atoms. The van der Waals surface area contributed by atoms with E-state index in [9.17, 15) is 4.79 Å². The molecule has 5 heteroatoms. The van der Waals surface area contributed by atoms with Crippen LogP contribution in [0, 0.1) is 13.8 Å². The molecule has 1 aromatic rings. The summed E-state index contributed by atoms with van der Waals surface area (Å²) in [6.45, 7) is 7.16. The van der Waals surface area contributed by atoms with Gasteiger partial charge in [0.05, 0.1) is 17.2 Å². The molecule has 0 unspecified atom stereocenters. The van der Waals surface area contributed by atoms with E-state index in [-0.39, 0.29) is 12.5 Å². The minimum absolute atomic E-state index is 0.0963. The van der Waals surface area contributed by atoms with Gasteiger partial charge in [-0.05, 0) is 27.7 Å². The number of carbonyl (C=O) groups excluding carboxylic acids is 1. The summed E-state index contributed by atoms with van der Waals surface area (Å²) in [5.74, 6) is -0.226. The highest BCUT2D eigenvalue weighted by Crippen LogP contribution is 2.16.